The van der Waals surface area contributed by atoms with Gasteiger partial charge in [-0.1, -0.05) is 42.5 Å². The fourth-order valence-corrected chi connectivity index (χ4v) is 7.77. The Bertz CT molecular complexity index is 1700. The molecular weight excluding hydrogens is 648 g/mol. The maximum Gasteiger partial charge on any atom is 0.509 e. The summed E-state index contributed by atoms with van der Waals surface area (Å²) < 4.78 is 28.3. The highest BCUT2D eigenvalue weighted by Crippen LogP contribution is 2.64. The maximum absolute atomic E-state index is 13.9. The number of likely N-dealkylation sites (N-methyl/N-ethyl adjacent to an activating group) is 1. The average molecular weight is 693 g/mol. The molecule has 268 valence electrons. The second kappa shape index (κ2) is 13.3. The standard InChI is InChI=1S/C37H44N2O11/c1-21(46-34(44)50-35(2,3)4)32(42)38-17-14-27(41)48-30(22-9-7-6-8-10-22)33(43)47-25-13-15-37(45)26-19-23-11-12-24(20-40)29-28(23)36(37,31(25)49-29)16-18-39(26)5/h6-13,21,26,30-31,40,45H,14-20H2,1-5H3,(H,38,42)/t21-,26+,30-,31-,36-,37+/m0/s1. The Labute approximate surface area is 290 Å². The summed E-state index contributed by atoms with van der Waals surface area (Å²) >= 11 is 0. The number of aliphatic hydroxyl groups excluding tert-OH is 1. The molecule has 13 heteroatoms. The first kappa shape index (κ1) is 35.4. The van der Waals surface area contributed by atoms with Crippen molar-refractivity contribution in [2.45, 2.75) is 101 Å². The molecule has 6 atom stereocenters. The molecule has 0 unspecified atom stereocenters. The van der Waals surface area contributed by atoms with Gasteiger partial charge in [0.2, 0.25) is 6.10 Å². The quantitative estimate of drug-likeness (QED) is 0.246. The fraction of sp³-hybridized carbons (Fsp3) is 0.514. The summed E-state index contributed by atoms with van der Waals surface area (Å²) in [5.41, 5.74) is -0.0612. The van der Waals surface area contributed by atoms with Crippen molar-refractivity contribution in [3.8, 4) is 5.75 Å². The van der Waals surface area contributed by atoms with Crippen LogP contribution in [0.4, 0.5) is 4.79 Å². The van der Waals surface area contributed by atoms with Crippen molar-refractivity contribution in [2.75, 3.05) is 20.1 Å². The molecule has 2 heterocycles. The first-order chi connectivity index (χ1) is 23.7. The predicted molar refractivity (Wildman–Crippen MR) is 177 cm³/mol. The molecule has 0 radical (unpaired) electrons. The van der Waals surface area contributed by atoms with Gasteiger partial charge in [-0.3, -0.25) is 9.59 Å². The number of benzene rings is 2. The zero-order valence-corrected chi connectivity index (χ0v) is 28.9. The van der Waals surface area contributed by atoms with Crippen LogP contribution in [0.25, 0.3) is 0 Å². The molecule has 50 heavy (non-hydrogen) atoms. The molecule has 4 aliphatic rings. The molecule has 1 amide bonds. The summed E-state index contributed by atoms with van der Waals surface area (Å²) in [6, 6.07) is 12.0. The lowest BCUT2D eigenvalue weighted by Crippen LogP contribution is -2.74. The van der Waals surface area contributed by atoms with E-state index in [1.165, 1.54) is 6.92 Å². The molecule has 0 saturated carbocycles. The molecule has 0 aromatic heterocycles. The molecular formula is C37H44N2O11. The minimum Gasteiger partial charge on any atom is -0.481 e. The Balaban J connectivity index is 1.17. The Kier molecular flexibility index (Phi) is 9.44. The monoisotopic (exact) mass is 692 g/mol. The summed E-state index contributed by atoms with van der Waals surface area (Å²) in [7, 11) is 2.00. The number of amides is 1. The topological polar surface area (TPSA) is 170 Å². The van der Waals surface area contributed by atoms with E-state index in [2.05, 4.69) is 10.2 Å². The Morgan fingerprint density at radius 2 is 1.84 bits per heavy atom. The van der Waals surface area contributed by atoms with E-state index in [0.717, 1.165) is 11.1 Å². The van der Waals surface area contributed by atoms with Gasteiger partial charge in [0, 0.05) is 35.7 Å². The molecule has 2 aromatic rings. The van der Waals surface area contributed by atoms with E-state index in [1.807, 2.05) is 19.2 Å². The molecule has 2 aromatic carbocycles. The second-order valence-corrected chi connectivity index (χ2v) is 14.4. The molecule has 2 aliphatic carbocycles. The van der Waals surface area contributed by atoms with E-state index < -0.39 is 58.9 Å². The van der Waals surface area contributed by atoms with Crippen LogP contribution in [-0.2, 0) is 51.8 Å². The Morgan fingerprint density at radius 3 is 2.54 bits per heavy atom. The van der Waals surface area contributed by atoms with E-state index in [4.69, 9.17) is 23.7 Å². The summed E-state index contributed by atoms with van der Waals surface area (Å²) in [4.78, 5) is 53.5. The van der Waals surface area contributed by atoms with Crippen LogP contribution in [0.2, 0.25) is 0 Å². The van der Waals surface area contributed by atoms with Crippen LogP contribution in [0, 0.1) is 0 Å². The predicted octanol–water partition coefficient (Wildman–Crippen LogP) is 3.13. The fourth-order valence-electron chi connectivity index (χ4n) is 7.77. The molecule has 1 fully saturated rings. The normalized spacial score (nSPS) is 25.9. The third kappa shape index (κ3) is 6.22. The number of carbonyl (C=O) groups excluding carboxylic acids is 4. The van der Waals surface area contributed by atoms with Gasteiger partial charge in [0.05, 0.1) is 24.0 Å². The van der Waals surface area contributed by atoms with Crippen LogP contribution >= 0.6 is 0 Å². The highest BCUT2D eigenvalue weighted by molar-refractivity contribution is 5.84. The molecule has 13 nitrogen and oxygen atoms in total. The number of esters is 2. The summed E-state index contributed by atoms with van der Waals surface area (Å²) in [6.45, 7) is 6.64. The van der Waals surface area contributed by atoms with Crippen LogP contribution < -0.4 is 10.1 Å². The van der Waals surface area contributed by atoms with Gasteiger partial charge in [0.15, 0.2) is 12.2 Å². The first-order valence-electron chi connectivity index (χ1n) is 16.9. The van der Waals surface area contributed by atoms with E-state index in [9.17, 15) is 29.4 Å². The number of carbonyl (C=O) groups is 4. The van der Waals surface area contributed by atoms with Crippen molar-refractivity contribution in [1.29, 1.82) is 0 Å². The smallest absolute Gasteiger partial charge is 0.481 e. The van der Waals surface area contributed by atoms with Crippen molar-refractivity contribution in [1.82, 2.24) is 10.2 Å². The first-order valence-corrected chi connectivity index (χ1v) is 16.9. The average Bonchev–Trinajstić information content (AvgIpc) is 3.42. The Hall–Kier alpha value is -4.46. The third-order valence-corrected chi connectivity index (χ3v) is 10.1. The van der Waals surface area contributed by atoms with Crippen molar-refractivity contribution in [3.05, 3.63) is 76.6 Å². The SMILES string of the molecule is C[C@H](OC(=O)OC(C)(C)C)C(=O)NCCC(=O)O[C@H](C(=O)OC1=CC[C@@]2(O)[C@H]3Cc4ccc(CO)c5c4[C@@]2(CCN3C)[C@H]1O5)c1ccccc1. The number of aliphatic hydroxyl groups is 2. The van der Waals surface area contributed by atoms with Gasteiger partial charge in [-0.15, -0.1) is 0 Å². The lowest BCUT2D eigenvalue weighted by atomic mass is 9.50. The molecule has 1 saturated heterocycles. The van der Waals surface area contributed by atoms with Crippen LogP contribution in [0.5, 0.6) is 5.75 Å². The van der Waals surface area contributed by atoms with E-state index in [-0.39, 0.29) is 37.8 Å². The molecule has 2 aliphatic heterocycles. The van der Waals surface area contributed by atoms with Gasteiger partial charge in [0.25, 0.3) is 5.91 Å². The van der Waals surface area contributed by atoms with Crippen molar-refractivity contribution in [2.24, 2.45) is 0 Å². The summed E-state index contributed by atoms with van der Waals surface area (Å²) in [5, 5.41) is 25.1. The molecule has 6 rings (SSSR count). The van der Waals surface area contributed by atoms with Crippen LogP contribution in [0.3, 0.4) is 0 Å². The largest absolute Gasteiger partial charge is 0.509 e. The van der Waals surface area contributed by atoms with Crippen molar-refractivity contribution in [3.63, 3.8) is 0 Å². The number of hydrogen-bond donors (Lipinski definition) is 3. The van der Waals surface area contributed by atoms with Gasteiger partial charge in [-0.05, 0) is 65.8 Å². The van der Waals surface area contributed by atoms with Gasteiger partial charge in [-0.2, -0.15) is 0 Å². The molecule has 3 N–H and O–H groups in total. The van der Waals surface area contributed by atoms with E-state index in [1.54, 1.807) is 57.2 Å². The molecule has 1 spiro atoms. The highest BCUT2D eigenvalue weighted by atomic mass is 16.7. The van der Waals surface area contributed by atoms with Crippen LogP contribution in [-0.4, -0.2) is 88.7 Å². The summed E-state index contributed by atoms with van der Waals surface area (Å²) in [5.74, 6) is -1.56. The number of likely N-dealkylation sites (tertiary alicyclic amines) is 1. The van der Waals surface area contributed by atoms with E-state index in [0.29, 0.717) is 36.3 Å². The number of nitrogens with one attached hydrogen (secondary N) is 1. The van der Waals surface area contributed by atoms with E-state index >= 15 is 0 Å². The zero-order valence-electron chi connectivity index (χ0n) is 28.9. The second-order valence-electron chi connectivity index (χ2n) is 14.4. The van der Waals surface area contributed by atoms with Crippen molar-refractivity contribution >= 4 is 24.0 Å². The van der Waals surface area contributed by atoms with Gasteiger partial charge < -0.3 is 44.1 Å². The maximum atomic E-state index is 13.9. The minimum absolute atomic E-state index is 0.151. The van der Waals surface area contributed by atoms with Crippen molar-refractivity contribution < 1.29 is 53.1 Å². The van der Waals surface area contributed by atoms with Gasteiger partial charge >= 0.3 is 18.1 Å². The van der Waals surface area contributed by atoms with Crippen LogP contribution in [0.15, 0.2) is 54.3 Å². The Morgan fingerprint density at radius 1 is 1.10 bits per heavy atom. The molecule has 2 bridgehead atoms. The minimum atomic E-state index is -1.45. The van der Waals surface area contributed by atoms with Crippen LogP contribution in [0.1, 0.15) is 75.3 Å². The number of hydrogen-bond acceptors (Lipinski definition) is 12. The number of piperidine rings is 1. The number of ether oxygens (including phenoxy) is 5. The number of rotatable bonds is 10. The number of nitrogens with zero attached hydrogens (tertiary/aromatic N) is 1. The lowest BCUT2D eigenvalue weighted by molar-refractivity contribution is -0.176. The third-order valence-electron chi connectivity index (χ3n) is 10.1. The zero-order chi connectivity index (χ0) is 36.0. The highest BCUT2D eigenvalue weighted by Gasteiger charge is 2.72. The summed E-state index contributed by atoms with van der Waals surface area (Å²) in [6.07, 6.45) is -1.72. The lowest BCUT2D eigenvalue weighted by Gasteiger charge is -2.61. The van der Waals surface area contributed by atoms with Gasteiger partial charge in [-0.25, -0.2) is 9.59 Å². The van der Waals surface area contributed by atoms with Gasteiger partial charge in [0.1, 0.15) is 17.1 Å².